The molecular weight excluding hydrogens is 270 g/mol. The molecule has 0 aromatic heterocycles. The number of nitrogens with one attached hydrogen (secondary N) is 1. The highest BCUT2D eigenvalue weighted by atomic mass is 35.5. The Bertz CT molecular complexity index is 525. The van der Waals surface area contributed by atoms with Crippen molar-refractivity contribution in [2.75, 3.05) is 12.4 Å². The number of carboxylic acid groups (broad SMARTS) is 1. The molecule has 1 aliphatic rings. The molecule has 1 saturated carbocycles. The Balaban J connectivity index is 2.15. The molecule has 1 amide bonds. The number of anilines is 1. The zero-order valence-corrected chi connectivity index (χ0v) is 11.2. The molecule has 6 heteroatoms. The highest BCUT2D eigenvalue weighted by molar-refractivity contribution is 6.32. The van der Waals surface area contributed by atoms with Gasteiger partial charge in [0.05, 0.1) is 12.1 Å². The van der Waals surface area contributed by atoms with Crippen molar-refractivity contribution in [3.05, 3.63) is 23.2 Å². The number of methoxy groups -OCH3 is 1. The number of benzene rings is 1. The number of carbonyl (C=O) groups excluding carboxylic acids is 1. The van der Waals surface area contributed by atoms with Crippen LogP contribution in [0.1, 0.15) is 19.3 Å². The van der Waals surface area contributed by atoms with E-state index in [2.05, 4.69) is 5.32 Å². The predicted molar refractivity (Wildman–Crippen MR) is 70.6 cm³/mol. The van der Waals surface area contributed by atoms with Crippen LogP contribution in [0.5, 0.6) is 5.75 Å². The molecule has 19 heavy (non-hydrogen) atoms. The minimum absolute atomic E-state index is 0.360. The quantitative estimate of drug-likeness (QED) is 0.833. The summed E-state index contributed by atoms with van der Waals surface area (Å²) >= 11 is 5.95. The van der Waals surface area contributed by atoms with Crippen molar-refractivity contribution in [2.45, 2.75) is 19.3 Å². The van der Waals surface area contributed by atoms with Gasteiger partial charge in [-0.05, 0) is 31.0 Å². The van der Waals surface area contributed by atoms with E-state index >= 15 is 0 Å². The van der Waals surface area contributed by atoms with E-state index in [9.17, 15) is 9.59 Å². The Hall–Kier alpha value is -1.75. The molecule has 0 unspecified atom stereocenters. The molecule has 0 spiro atoms. The Morgan fingerprint density at radius 1 is 1.42 bits per heavy atom. The summed E-state index contributed by atoms with van der Waals surface area (Å²) in [6.45, 7) is 0. The summed E-state index contributed by atoms with van der Waals surface area (Å²) in [6.07, 6.45) is 1.50. The third-order valence-corrected chi connectivity index (χ3v) is 3.76. The van der Waals surface area contributed by atoms with Gasteiger partial charge in [0.15, 0.2) is 0 Å². The van der Waals surface area contributed by atoms with Crippen molar-refractivity contribution in [1.82, 2.24) is 0 Å². The lowest BCUT2D eigenvalue weighted by Gasteiger charge is -2.35. The van der Waals surface area contributed by atoms with E-state index in [4.69, 9.17) is 21.4 Å². The zero-order chi connectivity index (χ0) is 14.0. The monoisotopic (exact) mass is 283 g/mol. The Morgan fingerprint density at radius 3 is 2.53 bits per heavy atom. The second kappa shape index (κ2) is 5.09. The molecule has 1 aromatic carbocycles. The van der Waals surface area contributed by atoms with Crippen LogP contribution in [0.3, 0.4) is 0 Å². The van der Waals surface area contributed by atoms with Crippen LogP contribution in [-0.4, -0.2) is 24.1 Å². The predicted octanol–water partition coefficient (Wildman–Crippen LogP) is 2.54. The van der Waals surface area contributed by atoms with Crippen LogP contribution in [0, 0.1) is 5.41 Å². The minimum Gasteiger partial charge on any atom is -0.495 e. The fourth-order valence-corrected chi connectivity index (χ4v) is 2.32. The van der Waals surface area contributed by atoms with Gasteiger partial charge in [0.1, 0.15) is 11.2 Å². The molecule has 1 aromatic rings. The maximum Gasteiger partial charge on any atom is 0.319 e. The molecule has 1 fully saturated rings. The average molecular weight is 284 g/mol. The standard InChI is InChI=1S/C13H14ClNO4/c1-19-10-4-3-8(7-9(10)14)15-11(16)13(12(17)18)5-2-6-13/h3-4,7H,2,5-6H2,1H3,(H,15,16)(H,17,18). The van der Waals surface area contributed by atoms with E-state index in [-0.39, 0.29) is 0 Å². The molecule has 0 aliphatic heterocycles. The number of carbonyl (C=O) groups is 2. The van der Waals surface area contributed by atoms with Gasteiger partial charge in [-0.25, -0.2) is 0 Å². The second-order valence-electron chi connectivity index (χ2n) is 4.54. The van der Waals surface area contributed by atoms with Crippen LogP contribution in [0.2, 0.25) is 5.02 Å². The van der Waals surface area contributed by atoms with Gasteiger partial charge in [0.25, 0.3) is 0 Å². The average Bonchev–Trinajstić information content (AvgIpc) is 2.26. The SMILES string of the molecule is COc1ccc(NC(=O)C2(C(=O)O)CCC2)cc1Cl. The van der Waals surface area contributed by atoms with E-state index in [1.165, 1.54) is 13.2 Å². The van der Waals surface area contributed by atoms with Gasteiger partial charge in [-0.3, -0.25) is 9.59 Å². The molecule has 2 rings (SSSR count). The molecular formula is C13H14ClNO4. The molecule has 5 nitrogen and oxygen atoms in total. The van der Waals surface area contributed by atoms with Crippen molar-refractivity contribution in [3.8, 4) is 5.75 Å². The lowest BCUT2D eigenvalue weighted by Crippen LogP contribution is -2.48. The van der Waals surface area contributed by atoms with Gasteiger partial charge < -0.3 is 15.2 Å². The van der Waals surface area contributed by atoms with E-state index < -0.39 is 17.3 Å². The molecule has 0 radical (unpaired) electrons. The smallest absolute Gasteiger partial charge is 0.319 e. The van der Waals surface area contributed by atoms with Crippen LogP contribution in [-0.2, 0) is 9.59 Å². The first-order chi connectivity index (χ1) is 8.99. The number of ether oxygens (including phenoxy) is 1. The Morgan fingerprint density at radius 2 is 2.11 bits per heavy atom. The van der Waals surface area contributed by atoms with Gasteiger partial charge in [0, 0.05) is 5.69 Å². The van der Waals surface area contributed by atoms with Crippen LogP contribution in [0.4, 0.5) is 5.69 Å². The van der Waals surface area contributed by atoms with Crippen molar-refractivity contribution >= 4 is 29.2 Å². The summed E-state index contributed by atoms with van der Waals surface area (Å²) in [6, 6.07) is 4.77. The fraction of sp³-hybridized carbons (Fsp3) is 0.385. The topological polar surface area (TPSA) is 75.6 Å². The third-order valence-electron chi connectivity index (χ3n) is 3.46. The normalized spacial score (nSPS) is 16.3. The Labute approximate surface area is 115 Å². The van der Waals surface area contributed by atoms with Gasteiger partial charge in [-0.2, -0.15) is 0 Å². The number of amides is 1. The van der Waals surface area contributed by atoms with Gasteiger partial charge in [-0.1, -0.05) is 18.0 Å². The number of hydrogen-bond acceptors (Lipinski definition) is 3. The van der Waals surface area contributed by atoms with E-state index in [1.807, 2.05) is 0 Å². The zero-order valence-electron chi connectivity index (χ0n) is 10.4. The first-order valence-corrected chi connectivity index (χ1v) is 6.26. The summed E-state index contributed by atoms with van der Waals surface area (Å²) in [7, 11) is 1.49. The first-order valence-electron chi connectivity index (χ1n) is 5.88. The maximum absolute atomic E-state index is 12.1. The largest absolute Gasteiger partial charge is 0.495 e. The summed E-state index contributed by atoms with van der Waals surface area (Å²) in [5, 5.41) is 12.1. The van der Waals surface area contributed by atoms with Gasteiger partial charge in [0.2, 0.25) is 5.91 Å². The van der Waals surface area contributed by atoms with E-state index in [0.717, 1.165) is 6.42 Å². The molecule has 0 heterocycles. The summed E-state index contributed by atoms with van der Waals surface area (Å²) in [5.74, 6) is -1.07. The highest BCUT2D eigenvalue weighted by Gasteiger charge is 2.51. The lowest BCUT2D eigenvalue weighted by molar-refractivity contribution is -0.159. The molecule has 2 N–H and O–H groups in total. The first kappa shape index (κ1) is 13.7. The number of halogens is 1. The number of rotatable bonds is 4. The maximum atomic E-state index is 12.1. The number of carboxylic acids is 1. The van der Waals surface area contributed by atoms with Crippen LogP contribution in [0.25, 0.3) is 0 Å². The molecule has 0 atom stereocenters. The molecule has 0 saturated heterocycles. The highest BCUT2D eigenvalue weighted by Crippen LogP contribution is 2.42. The van der Waals surface area contributed by atoms with Crippen LogP contribution < -0.4 is 10.1 Å². The number of aliphatic carboxylic acids is 1. The summed E-state index contributed by atoms with van der Waals surface area (Å²) in [5.41, 5.74) is -0.824. The summed E-state index contributed by atoms with van der Waals surface area (Å²) in [4.78, 5) is 23.3. The molecule has 0 bridgehead atoms. The Kier molecular flexibility index (Phi) is 3.66. The van der Waals surface area contributed by atoms with Crippen molar-refractivity contribution < 1.29 is 19.4 Å². The van der Waals surface area contributed by atoms with Crippen molar-refractivity contribution in [2.24, 2.45) is 5.41 Å². The summed E-state index contributed by atoms with van der Waals surface area (Å²) < 4.78 is 5.00. The third kappa shape index (κ3) is 2.38. The molecule has 102 valence electrons. The minimum atomic E-state index is -1.29. The van der Waals surface area contributed by atoms with E-state index in [0.29, 0.717) is 29.3 Å². The van der Waals surface area contributed by atoms with Crippen LogP contribution in [0.15, 0.2) is 18.2 Å². The van der Waals surface area contributed by atoms with Crippen molar-refractivity contribution in [3.63, 3.8) is 0 Å². The molecule has 1 aliphatic carbocycles. The lowest BCUT2D eigenvalue weighted by atomic mass is 9.68. The van der Waals surface area contributed by atoms with Crippen LogP contribution >= 0.6 is 11.6 Å². The van der Waals surface area contributed by atoms with Gasteiger partial charge >= 0.3 is 5.97 Å². The van der Waals surface area contributed by atoms with E-state index in [1.54, 1.807) is 12.1 Å². The van der Waals surface area contributed by atoms with Gasteiger partial charge in [-0.15, -0.1) is 0 Å². The second-order valence-corrected chi connectivity index (χ2v) is 4.95. The van der Waals surface area contributed by atoms with Crippen molar-refractivity contribution in [1.29, 1.82) is 0 Å². The number of hydrogen-bond donors (Lipinski definition) is 2. The fourth-order valence-electron chi connectivity index (χ4n) is 2.06.